The van der Waals surface area contributed by atoms with Crippen LogP contribution < -0.4 is 11.1 Å². The largest absolute Gasteiger partial charge is 0.445 e. The molecule has 41 heavy (non-hydrogen) atoms. The van der Waals surface area contributed by atoms with Crippen LogP contribution >= 0.6 is 12.6 Å². The molecule has 1 saturated carbocycles. The van der Waals surface area contributed by atoms with Crippen LogP contribution in [-0.2, 0) is 30.7 Å². The Morgan fingerprint density at radius 1 is 1.15 bits per heavy atom. The van der Waals surface area contributed by atoms with Crippen molar-refractivity contribution in [3.8, 4) is 0 Å². The number of amides is 1. The van der Waals surface area contributed by atoms with Gasteiger partial charge in [-0.15, -0.1) is 12.6 Å². The Kier molecular flexibility index (Phi) is 9.17. The lowest BCUT2D eigenvalue weighted by Gasteiger charge is -2.31. The zero-order valence-electron chi connectivity index (χ0n) is 23.3. The molecule has 2 bridgehead atoms. The van der Waals surface area contributed by atoms with Crippen molar-refractivity contribution >= 4 is 34.4 Å². The molecule has 2 aliphatic heterocycles. The van der Waals surface area contributed by atoms with Gasteiger partial charge in [0, 0.05) is 41.4 Å². The van der Waals surface area contributed by atoms with Crippen LogP contribution in [0.2, 0.25) is 0 Å². The van der Waals surface area contributed by atoms with E-state index < -0.39 is 28.3 Å². The van der Waals surface area contributed by atoms with E-state index in [2.05, 4.69) is 17.9 Å². The monoisotopic (exact) mass is 605 g/mol. The van der Waals surface area contributed by atoms with Gasteiger partial charge in [-0.2, -0.15) is 4.31 Å². The van der Waals surface area contributed by atoms with Gasteiger partial charge in [-0.1, -0.05) is 44.2 Å². The SMILES string of the molecule is CC(C)CN(C[C@@H](O)[C@H](Cc1ccccc1)NC(=O)OC1C2COC3OCC1C3C2)S(=O)(=O)c1ccc(N)c(S)c1. The minimum absolute atomic E-state index is 0.0203. The molecule has 2 aromatic carbocycles. The van der Waals surface area contributed by atoms with E-state index in [0.717, 1.165) is 12.0 Å². The van der Waals surface area contributed by atoms with E-state index in [0.29, 0.717) is 23.8 Å². The summed E-state index contributed by atoms with van der Waals surface area (Å²) in [6.07, 6.45) is -1.27. The van der Waals surface area contributed by atoms with Crippen LogP contribution in [0.25, 0.3) is 0 Å². The number of nitrogen functional groups attached to an aromatic ring is 1. The van der Waals surface area contributed by atoms with E-state index in [4.69, 9.17) is 19.9 Å². The van der Waals surface area contributed by atoms with Crippen molar-refractivity contribution in [2.75, 3.05) is 32.0 Å². The Balaban J connectivity index is 1.34. The molecular weight excluding hydrogens is 566 g/mol. The number of nitrogens with two attached hydrogens (primary N) is 1. The molecule has 5 rings (SSSR count). The Hall–Kier alpha value is -2.35. The molecule has 5 unspecified atom stereocenters. The number of aliphatic hydroxyl groups excluding tert-OH is 1. The lowest BCUT2D eigenvalue weighted by atomic mass is 9.98. The summed E-state index contributed by atoms with van der Waals surface area (Å²) < 4.78 is 46.0. The first kappa shape index (κ1) is 30.1. The van der Waals surface area contributed by atoms with Gasteiger partial charge in [0.25, 0.3) is 0 Å². The van der Waals surface area contributed by atoms with Crippen LogP contribution in [0.1, 0.15) is 25.8 Å². The number of nitrogens with zero attached hydrogens (tertiary/aromatic N) is 1. The second-order valence-electron chi connectivity index (χ2n) is 11.7. The summed E-state index contributed by atoms with van der Waals surface area (Å²) in [7, 11) is -4.00. The average Bonchev–Trinajstić information content (AvgIpc) is 3.46. The summed E-state index contributed by atoms with van der Waals surface area (Å²) in [6.45, 7) is 4.70. The summed E-state index contributed by atoms with van der Waals surface area (Å²) in [4.78, 5) is 13.6. The van der Waals surface area contributed by atoms with E-state index in [1.54, 1.807) is 0 Å². The average molecular weight is 606 g/mol. The van der Waals surface area contributed by atoms with Gasteiger partial charge < -0.3 is 30.4 Å². The minimum Gasteiger partial charge on any atom is -0.445 e. The van der Waals surface area contributed by atoms with Crippen LogP contribution in [0.4, 0.5) is 10.5 Å². The fourth-order valence-electron chi connectivity index (χ4n) is 6.16. The smallest absolute Gasteiger partial charge is 0.407 e. The van der Waals surface area contributed by atoms with Crippen molar-refractivity contribution in [2.24, 2.45) is 23.7 Å². The molecule has 0 radical (unpaired) electrons. The highest BCUT2D eigenvalue weighted by molar-refractivity contribution is 7.89. The van der Waals surface area contributed by atoms with Crippen molar-refractivity contribution < 1.29 is 32.5 Å². The molecular formula is C29H39N3O7S2. The minimum atomic E-state index is -4.00. The number of ether oxygens (including phenoxy) is 3. The van der Waals surface area contributed by atoms with Crippen LogP contribution in [0, 0.1) is 23.7 Å². The quantitative estimate of drug-likeness (QED) is 0.227. The lowest BCUT2D eigenvalue weighted by Crippen LogP contribution is -2.52. The summed E-state index contributed by atoms with van der Waals surface area (Å²) >= 11 is 4.29. The van der Waals surface area contributed by atoms with Gasteiger partial charge in [-0.25, -0.2) is 13.2 Å². The van der Waals surface area contributed by atoms with Gasteiger partial charge >= 0.3 is 6.09 Å². The van der Waals surface area contributed by atoms with E-state index in [-0.39, 0.29) is 60.5 Å². The molecule has 1 aliphatic carbocycles. The maximum atomic E-state index is 13.7. The van der Waals surface area contributed by atoms with Crippen molar-refractivity contribution in [2.45, 2.75) is 61.0 Å². The second kappa shape index (κ2) is 12.5. The summed E-state index contributed by atoms with van der Waals surface area (Å²) in [5, 5.41) is 14.3. The van der Waals surface area contributed by atoms with Crippen molar-refractivity contribution in [1.29, 1.82) is 0 Å². The van der Waals surface area contributed by atoms with Crippen molar-refractivity contribution in [3.63, 3.8) is 0 Å². The Morgan fingerprint density at radius 3 is 2.59 bits per heavy atom. The number of anilines is 1. The van der Waals surface area contributed by atoms with Crippen LogP contribution in [-0.4, -0.2) is 74.8 Å². The third-order valence-corrected chi connectivity index (χ3v) is 10.4. The molecule has 2 saturated heterocycles. The molecule has 3 aliphatic rings. The van der Waals surface area contributed by atoms with Crippen molar-refractivity contribution in [3.05, 3.63) is 54.1 Å². The summed E-state index contributed by atoms with van der Waals surface area (Å²) in [5.41, 5.74) is 7.09. The van der Waals surface area contributed by atoms with Crippen LogP contribution in [0.5, 0.6) is 0 Å². The Labute approximate surface area is 247 Å². The predicted octanol–water partition coefficient (Wildman–Crippen LogP) is 2.91. The summed E-state index contributed by atoms with van der Waals surface area (Å²) in [5.74, 6) is 0.391. The number of nitrogens with one attached hydrogen (secondary N) is 1. The number of benzene rings is 2. The van der Waals surface area contributed by atoms with E-state index >= 15 is 0 Å². The third-order valence-electron chi connectivity index (χ3n) is 8.20. The Bertz CT molecular complexity index is 1330. The van der Waals surface area contributed by atoms with Gasteiger partial charge in [0.05, 0.1) is 30.3 Å². The Morgan fingerprint density at radius 2 is 1.88 bits per heavy atom. The van der Waals surface area contributed by atoms with E-state index in [1.807, 2.05) is 44.2 Å². The number of fused-ring (bicyclic) bond motifs is 1. The number of rotatable bonds is 11. The third kappa shape index (κ3) is 6.68. The van der Waals surface area contributed by atoms with Gasteiger partial charge in [0.1, 0.15) is 6.10 Å². The number of hydrogen-bond acceptors (Lipinski definition) is 9. The maximum absolute atomic E-state index is 13.7. The maximum Gasteiger partial charge on any atom is 0.407 e. The fraction of sp³-hybridized carbons (Fsp3) is 0.552. The number of hydrogen-bond donors (Lipinski definition) is 4. The molecule has 224 valence electrons. The molecule has 7 atom stereocenters. The molecule has 1 amide bonds. The predicted molar refractivity (Wildman–Crippen MR) is 156 cm³/mol. The molecule has 0 spiro atoms. The number of carbonyl (C=O) groups excluding carboxylic acids is 1. The fourth-order valence-corrected chi connectivity index (χ4v) is 8.11. The van der Waals surface area contributed by atoms with Crippen molar-refractivity contribution in [1.82, 2.24) is 9.62 Å². The topological polar surface area (TPSA) is 140 Å². The van der Waals surface area contributed by atoms with E-state index in [1.165, 1.54) is 22.5 Å². The number of alkyl carbamates (subject to hydrolysis) is 1. The molecule has 10 nitrogen and oxygen atoms in total. The molecule has 3 fully saturated rings. The number of thiol groups is 1. The standard InChI is InChI=1S/C29H39N3O7S2/c1-17(2)13-32(41(35,36)20-8-9-23(30)26(40)12-20)14-25(33)24(10-18-6-4-3-5-7-18)31-29(34)39-27-19-11-21-22(27)16-38-28(21)37-15-19/h3-9,12,17,19,21-22,24-25,27-28,33,40H,10-11,13-16,30H2,1-2H3,(H,31,34)/t19?,21?,22?,24-,25+,27?,28?/m0/s1. The molecule has 4 N–H and O–H groups in total. The van der Waals surface area contributed by atoms with Gasteiger partial charge in [-0.3, -0.25) is 0 Å². The number of carbonyl (C=O) groups is 1. The van der Waals surface area contributed by atoms with Crippen LogP contribution in [0.3, 0.4) is 0 Å². The van der Waals surface area contributed by atoms with E-state index in [9.17, 15) is 18.3 Å². The first-order chi connectivity index (χ1) is 19.5. The molecule has 12 heteroatoms. The molecule has 0 aromatic heterocycles. The zero-order valence-corrected chi connectivity index (χ0v) is 25.0. The number of aliphatic hydroxyl groups is 1. The highest BCUT2D eigenvalue weighted by Crippen LogP contribution is 2.49. The molecule has 2 heterocycles. The van der Waals surface area contributed by atoms with Gasteiger partial charge in [0.2, 0.25) is 10.0 Å². The van der Waals surface area contributed by atoms with Gasteiger partial charge in [-0.05, 0) is 42.5 Å². The van der Waals surface area contributed by atoms with Crippen LogP contribution in [0.15, 0.2) is 58.3 Å². The first-order valence-electron chi connectivity index (χ1n) is 14.0. The normalized spacial score (nSPS) is 26.7. The zero-order chi connectivity index (χ0) is 29.3. The molecule has 2 aromatic rings. The van der Waals surface area contributed by atoms with Gasteiger partial charge in [0.15, 0.2) is 6.29 Å². The second-order valence-corrected chi connectivity index (χ2v) is 14.1. The highest BCUT2D eigenvalue weighted by atomic mass is 32.2. The first-order valence-corrected chi connectivity index (χ1v) is 15.9. The summed E-state index contributed by atoms with van der Waals surface area (Å²) in [6, 6.07) is 12.9. The highest BCUT2D eigenvalue weighted by Gasteiger charge is 2.56. The number of sulfonamides is 1. The lowest BCUT2D eigenvalue weighted by molar-refractivity contribution is -0.169.